The third kappa shape index (κ3) is 2.37. The van der Waals surface area contributed by atoms with Crippen LogP contribution in [0.15, 0.2) is 38.7 Å². The lowest BCUT2D eigenvalue weighted by Crippen LogP contribution is -2.51. The van der Waals surface area contributed by atoms with E-state index in [1.165, 1.54) is 12.1 Å². The first-order valence-electron chi connectivity index (χ1n) is 10.9. The van der Waals surface area contributed by atoms with E-state index >= 15 is 0 Å². The van der Waals surface area contributed by atoms with E-state index in [1.807, 2.05) is 0 Å². The molecule has 0 radical (unpaired) electrons. The van der Waals surface area contributed by atoms with Crippen molar-refractivity contribution in [2.45, 2.75) is 24.9 Å². The number of fused-ring (bicyclic) bond motifs is 6. The van der Waals surface area contributed by atoms with Gasteiger partial charge in [0, 0.05) is 5.56 Å². The second-order valence-electron chi connectivity index (χ2n) is 8.99. The predicted molar refractivity (Wildman–Crippen MR) is 117 cm³/mol. The Morgan fingerprint density at radius 3 is 2.43 bits per heavy atom. The van der Waals surface area contributed by atoms with Gasteiger partial charge in [-0.1, -0.05) is 0 Å². The fraction of sp³-hybridized carbons (Fsp3) is 0.160. The molecule has 3 aromatic rings. The van der Waals surface area contributed by atoms with Crippen LogP contribution >= 0.6 is 0 Å². The van der Waals surface area contributed by atoms with Gasteiger partial charge in [0.25, 0.3) is 5.78 Å². The van der Waals surface area contributed by atoms with E-state index in [0.29, 0.717) is 16.7 Å². The average molecular weight is 504 g/mol. The Bertz CT molecular complexity index is 1810. The summed E-state index contributed by atoms with van der Waals surface area (Å²) in [5.41, 5.74) is -3.15. The van der Waals surface area contributed by atoms with Gasteiger partial charge < -0.3 is 33.9 Å². The number of hydrogen-bond acceptors (Lipinski definition) is 12. The molecule has 4 aliphatic rings. The zero-order chi connectivity index (χ0) is 26.1. The number of phenols is 3. The van der Waals surface area contributed by atoms with Gasteiger partial charge in [-0.25, -0.2) is 4.79 Å². The molecular weight excluding hydrogens is 492 g/mol. The van der Waals surface area contributed by atoms with E-state index in [-0.39, 0.29) is 17.4 Å². The second-order valence-corrected chi connectivity index (χ2v) is 8.99. The highest BCUT2D eigenvalue weighted by Gasteiger charge is 2.73. The van der Waals surface area contributed by atoms with Crippen molar-refractivity contribution in [3.63, 3.8) is 0 Å². The van der Waals surface area contributed by atoms with Gasteiger partial charge in [-0.15, -0.1) is 0 Å². The lowest BCUT2D eigenvalue weighted by molar-refractivity contribution is -0.173. The van der Waals surface area contributed by atoms with Crippen LogP contribution in [0.4, 0.5) is 0 Å². The molecule has 0 bridgehead atoms. The van der Waals surface area contributed by atoms with Gasteiger partial charge >= 0.3 is 11.4 Å². The van der Waals surface area contributed by atoms with Crippen molar-refractivity contribution < 1.29 is 53.1 Å². The number of Topliss-reactive ketones (excluding diaryl/α,β-unsaturated/α-hetero) is 3. The molecule has 37 heavy (non-hydrogen) atoms. The Labute approximate surface area is 203 Å². The minimum atomic E-state index is -2.41. The normalized spacial score (nSPS) is 24.8. The molecule has 3 N–H and O–H groups in total. The van der Waals surface area contributed by atoms with Gasteiger partial charge in [0.2, 0.25) is 11.6 Å². The number of benzene rings is 2. The molecule has 1 aromatic heterocycles. The molecule has 0 amide bonds. The van der Waals surface area contributed by atoms with Crippen molar-refractivity contribution in [2.24, 2.45) is 0 Å². The molecule has 184 valence electrons. The number of rotatable bonds is 1. The molecule has 12 heteroatoms. The van der Waals surface area contributed by atoms with Crippen LogP contribution in [0.3, 0.4) is 0 Å². The molecule has 3 atom stereocenters. The number of allylic oxidation sites excluding steroid dienone is 1. The van der Waals surface area contributed by atoms with Crippen LogP contribution < -0.4 is 10.4 Å². The Morgan fingerprint density at radius 1 is 0.946 bits per heavy atom. The molecule has 4 heterocycles. The summed E-state index contributed by atoms with van der Waals surface area (Å²) >= 11 is 0. The van der Waals surface area contributed by atoms with Crippen LogP contribution in [0, 0.1) is 6.92 Å². The summed E-state index contributed by atoms with van der Waals surface area (Å²) in [7, 11) is 0. The van der Waals surface area contributed by atoms with Gasteiger partial charge in [0.15, 0.2) is 29.6 Å². The van der Waals surface area contributed by atoms with E-state index in [0.717, 1.165) is 6.07 Å². The molecule has 1 fully saturated rings. The SMILES string of the molecule is Cc1cc2cc3c(c(O)c2c(=O)o1)O[C@@]1(OC2=C(C(=O)c4c(O)cc(C=O)c(O)c4C2=O)C1=O)[C@@H]1O[C@H]31. The maximum absolute atomic E-state index is 13.6. The summed E-state index contributed by atoms with van der Waals surface area (Å²) in [6.45, 7) is 1.56. The molecule has 0 unspecified atom stereocenters. The number of aromatic hydroxyl groups is 3. The summed E-state index contributed by atoms with van der Waals surface area (Å²) in [5, 5.41) is 31.7. The minimum absolute atomic E-state index is 0.175. The van der Waals surface area contributed by atoms with Crippen molar-refractivity contribution in [1.82, 2.24) is 0 Å². The topological polar surface area (TPSA) is 190 Å². The Balaban J connectivity index is 1.39. The summed E-state index contributed by atoms with van der Waals surface area (Å²) < 4.78 is 22.2. The van der Waals surface area contributed by atoms with Crippen LogP contribution in [0.2, 0.25) is 0 Å². The lowest BCUT2D eigenvalue weighted by atomic mass is 9.83. The molecule has 3 aliphatic heterocycles. The molecule has 1 spiro atoms. The van der Waals surface area contributed by atoms with Crippen LogP contribution in [0.5, 0.6) is 23.0 Å². The van der Waals surface area contributed by atoms with Gasteiger partial charge in [-0.3, -0.25) is 19.2 Å². The number of aryl methyl sites for hydroxylation is 1. The minimum Gasteiger partial charge on any atom is -0.507 e. The van der Waals surface area contributed by atoms with Crippen LogP contribution in [-0.2, 0) is 14.3 Å². The number of carbonyl (C=O) groups excluding carboxylic acids is 4. The highest BCUT2D eigenvalue weighted by Crippen LogP contribution is 2.61. The predicted octanol–water partition coefficient (Wildman–Crippen LogP) is 1.49. The number of epoxide rings is 1. The fourth-order valence-electron chi connectivity index (χ4n) is 5.24. The monoisotopic (exact) mass is 504 g/mol. The van der Waals surface area contributed by atoms with Crippen LogP contribution in [0.25, 0.3) is 10.8 Å². The summed E-state index contributed by atoms with van der Waals surface area (Å²) in [6, 6.07) is 3.84. The molecule has 1 saturated heterocycles. The Kier molecular flexibility index (Phi) is 3.70. The molecule has 12 nitrogen and oxygen atoms in total. The van der Waals surface area contributed by atoms with Crippen LogP contribution in [-0.4, -0.2) is 50.8 Å². The second kappa shape index (κ2) is 6.42. The molecular formula is C25H12O12. The fourth-order valence-corrected chi connectivity index (χ4v) is 5.24. The number of carbonyl (C=O) groups is 4. The van der Waals surface area contributed by atoms with Crippen molar-refractivity contribution in [3.8, 4) is 23.0 Å². The number of ketones is 3. The first-order valence-corrected chi connectivity index (χ1v) is 10.9. The smallest absolute Gasteiger partial charge is 0.347 e. The summed E-state index contributed by atoms with van der Waals surface area (Å²) in [6.07, 6.45) is -1.81. The molecule has 0 saturated carbocycles. The highest BCUT2D eigenvalue weighted by atomic mass is 16.8. The summed E-state index contributed by atoms with van der Waals surface area (Å²) in [4.78, 5) is 63.8. The van der Waals surface area contributed by atoms with E-state index < -0.39 is 86.2 Å². The van der Waals surface area contributed by atoms with Gasteiger partial charge in [0.05, 0.1) is 16.7 Å². The largest absolute Gasteiger partial charge is 0.507 e. The first-order chi connectivity index (χ1) is 17.6. The van der Waals surface area contributed by atoms with Crippen molar-refractivity contribution in [1.29, 1.82) is 0 Å². The quantitative estimate of drug-likeness (QED) is 0.188. The van der Waals surface area contributed by atoms with Crippen LogP contribution in [0.1, 0.15) is 48.5 Å². The van der Waals surface area contributed by atoms with E-state index in [9.17, 15) is 39.3 Å². The molecule has 7 rings (SSSR count). The van der Waals surface area contributed by atoms with Gasteiger partial charge in [-0.05, 0) is 30.5 Å². The third-order valence-corrected chi connectivity index (χ3v) is 6.90. The number of aldehydes is 1. The van der Waals surface area contributed by atoms with Crippen molar-refractivity contribution in [3.05, 3.63) is 68.0 Å². The summed E-state index contributed by atoms with van der Waals surface area (Å²) in [5.74, 6) is -8.92. The Hall–Kier alpha value is -4.97. The van der Waals surface area contributed by atoms with Crippen molar-refractivity contribution >= 4 is 34.4 Å². The molecule has 2 aromatic carbocycles. The maximum atomic E-state index is 13.6. The van der Waals surface area contributed by atoms with Gasteiger partial charge in [-0.2, -0.15) is 0 Å². The highest BCUT2D eigenvalue weighted by molar-refractivity contribution is 6.40. The van der Waals surface area contributed by atoms with E-state index in [4.69, 9.17) is 18.6 Å². The van der Waals surface area contributed by atoms with E-state index in [2.05, 4.69) is 0 Å². The van der Waals surface area contributed by atoms with E-state index in [1.54, 1.807) is 6.92 Å². The van der Waals surface area contributed by atoms with Crippen molar-refractivity contribution in [2.75, 3.05) is 0 Å². The standard InChI is InChI=1S/C25H12O12/c1-6-2-7-3-9-19(17(30)11(7)24(33)34-6)36-25(23-20(9)35-23)22(32)14-16(29)12-10(27)4-8(5-26)15(28)13(12)18(31)21(14)37-25/h2-5,20,23,27-28,30H,1H3/t20-,23-,25+/m1/s1. The third-order valence-electron chi connectivity index (χ3n) is 6.90. The number of hydrogen-bond donors (Lipinski definition) is 3. The first kappa shape index (κ1) is 21.3. The Morgan fingerprint density at radius 2 is 1.70 bits per heavy atom. The number of ether oxygens (including phenoxy) is 3. The zero-order valence-corrected chi connectivity index (χ0v) is 18.5. The lowest BCUT2D eigenvalue weighted by Gasteiger charge is -2.31. The molecule has 1 aliphatic carbocycles. The number of phenolic OH excluding ortho intramolecular Hbond substituents is 3. The maximum Gasteiger partial charge on any atom is 0.347 e. The zero-order valence-electron chi connectivity index (χ0n) is 18.5. The van der Waals surface area contributed by atoms with Gasteiger partial charge in [0.1, 0.15) is 34.3 Å². The average Bonchev–Trinajstić information content (AvgIpc) is 3.60.